The van der Waals surface area contributed by atoms with E-state index in [1.807, 2.05) is 0 Å². The molecule has 0 spiro atoms. The molecule has 0 atom stereocenters. The first-order chi connectivity index (χ1) is 9.65. The van der Waals surface area contributed by atoms with Crippen molar-refractivity contribution in [3.8, 4) is 0 Å². The molecule has 20 heavy (non-hydrogen) atoms. The number of thioether (sulfide) groups is 1. The van der Waals surface area contributed by atoms with Gasteiger partial charge in [0, 0.05) is 4.88 Å². The maximum atomic E-state index is 12.2. The van der Waals surface area contributed by atoms with Gasteiger partial charge in [0.25, 0.3) is 5.56 Å². The highest BCUT2D eigenvalue weighted by molar-refractivity contribution is 7.99. The van der Waals surface area contributed by atoms with Crippen molar-refractivity contribution in [1.82, 2.24) is 9.97 Å². The largest absolute Gasteiger partial charge is 0.369 e. The number of amides is 1. The summed E-state index contributed by atoms with van der Waals surface area (Å²) < 4.78 is 0. The van der Waals surface area contributed by atoms with Crippen LogP contribution in [-0.2, 0) is 23.4 Å². The van der Waals surface area contributed by atoms with Gasteiger partial charge in [-0.2, -0.15) is 0 Å². The molecular formula is C13H15N3O2S2. The van der Waals surface area contributed by atoms with Crippen LogP contribution in [0.4, 0.5) is 0 Å². The van der Waals surface area contributed by atoms with Crippen LogP contribution in [0.3, 0.4) is 0 Å². The minimum absolute atomic E-state index is 0.0518. The van der Waals surface area contributed by atoms with Gasteiger partial charge in [0.15, 0.2) is 0 Å². The Bertz CT molecular complexity index is 720. The Balaban J connectivity index is 1.94. The van der Waals surface area contributed by atoms with Gasteiger partial charge in [-0.15, -0.1) is 23.1 Å². The van der Waals surface area contributed by atoms with E-state index >= 15 is 0 Å². The van der Waals surface area contributed by atoms with Gasteiger partial charge in [-0.05, 0) is 31.2 Å². The van der Waals surface area contributed by atoms with Gasteiger partial charge in [0.05, 0.1) is 16.9 Å². The summed E-state index contributed by atoms with van der Waals surface area (Å²) in [5, 5.41) is 0.772. The van der Waals surface area contributed by atoms with Crippen molar-refractivity contribution < 1.29 is 4.79 Å². The number of H-pyrrole nitrogens is 1. The number of primary amides is 1. The van der Waals surface area contributed by atoms with Crippen LogP contribution >= 0.6 is 23.1 Å². The Kier molecular flexibility index (Phi) is 3.80. The van der Waals surface area contributed by atoms with Crippen molar-refractivity contribution >= 4 is 39.2 Å². The first-order valence-electron chi connectivity index (χ1n) is 6.54. The van der Waals surface area contributed by atoms with E-state index in [0.717, 1.165) is 29.5 Å². The molecule has 0 saturated heterocycles. The van der Waals surface area contributed by atoms with Crippen LogP contribution in [0.15, 0.2) is 4.79 Å². The average molecular weight is 309 g/mol. The van der Waals surface area contributed by atoms with Crippen molar-refractivity contribution in [2.24, 2.45) is 5.73 Å². The molecule has 0 bridgehead atoms. The van der Waals surface area contributed by atoms with E-state index in [1.165, 1.54) is 28.6 Å². The van der Waals surface area contributed by atoms with Gasteiger partial charge in [-0.3, -0.25) is 9.59 Å². The normalized spacial score (nSPS) is 14.4. The van der Waals surface area contributed by atoms with E-state index in [1.54, 1.807) is 11.3 Å². The Labute approximate surface area is 124 Å². The SMILES string of the molecule is NC(=O)CSCc1nc2sc3c(c2c(=O)[nH]1)CCCC3. The van der Waals surface area contributed by atoms with E-state index in [2.05, 4.69) is 9.97 Å². The number of hydrogen-bond donors (Lipinski definition) is 2. The summed E-state index contributed by atoms with van der Waals surface area (Å²) in [4.78, 5) is 32.4. The quantitative estimate of drug-likeness (QED) is 0.897. The fourth-order valence-corrected chi connectivity index (χ4v) is 4.44. The third kappa shape index (κ3) is 2.60. The lowest BCUT2D eigenvalue weighted by atomic mass is 9.97. The van der Waals surface area contributed by atoms with E-state index in [9.17, 15) is 9.59 Å². The molecule has 3 rings (SSSR count). The van der Waals surface area contributed by atoms with Crippen molar-refractivity contribution in [2.75, 3.05) is 5.75 Å². The molecule has 0 aliphatic heterocycles. The van der Waals surface area contributed by atoms with Gasteiger partial charge in [-0.1, -0.05) is 0 Å². The van der Waals surface area contributed by atoms with Crippen LogP contribution in [0.25, 0.3) is 10.2 Å². The monoisotopic (exact) mass is 309 g/mol. The summed E-state index contributed by atoms with van der Waals surface area (Å²) in [6.45, 7) is 0. The van der Waals surface area contributed by atoms with Crippen LogP contribution < -0.4 is 11.3 Å². The Morgan fingerprint density at radius 1 is 1.40 bits per heavy atom. The van der Waals surface area contributed by atoms with E-state index in [-0.39, 0.29) is 17.2 Å². The third-order valence-electron chi connectivity index (χ3n) is 3.36. The predicted octanol–water partition coefficient (Wildman–Crippen LogP) is 1.58. The van der Waals surface area contributed by atoms with Crippen LogP contribution in [0, 0.1) is 0 Å². The summed E-state index contributed by atoms with van der Waals surface area (Å²) in [6.07, 6.45) is 4.38. The molecule has 0 saturated carbocycles. The number of hydrogen-bond acceptors (Lipinski definition) is 5. The van der Waals surface area contributed by atoms with Crippen molar-refractivity contribution in [3.05, 3.63) is 26.6 Å². The Morgan fingerprint density at radius 2 is 2.20 bits per heavy atom. The molecule has 0 radical (unpaired) electrons. The fraction of sp³-hybridized carbons (Fsp3) is 0.462. The van der Waals surface area contributed by atoms with E-state index in [4.69, 9.17) is 5.73 Å². The summed E-state index contributed by atoms with van der Waals surface area (Å²) in [6, 6.07) is 0. The number of carbonyl (C=O) groups excluding carboxylic acids is 1. The number of nitrogens with one attached hydrogen (secondary N) is 1. The molecule has 7 heteroatoms. The fourth-order valence-electron chi connectivity index (χ4n) is 2.53. The number of fused-ring (bicyclic) bond motifs is 3. The van der Waals surface area contributed by atoms with Crippen LogP contribution in [0.5, 0.6) is 0 Å². The molecule has 3 N–H and O–H groups in total. The summed E-state index contributed by atoms with van der Waals surface area (Å²) >= 11 is 3.00. The number of thiophene rings is 1. The first kappa shape index (κ1) is 13.6. The maximum absolute atomic E-state index is 12.2. The molecule has 0 unspecified atom stereocenters. The van der Waals surface area contributed by atoms with Crippen LogP contribution in [0.1, 0.15) is 29.1 Å². The number of rotatable bonds is 4. The zero-order valence-electron chi connectivity index (χ0n) is 10.9. The lowest BCUT2D eigenvalue weighted by Crippen LogP contribution is -2.15. The number of nitrogens with zero attached hydrogens (tertiary/aromatic N) is 1. The third-order valence-corrected chi connectivity index (χ3v) is 5.51. The highest BCUT2D eigenvalue weighted by atomic mass is 32.2. The molecule has 5 nitrogen and oxygen atoms in total. The summed E-state index contributed by atoms with van der Waals surface area (Å²) in [5.74, 6) is 0.997. The second kappa shape index (κ2) is 5.57. The molecule has 0 aromatic carbocycles. The highest BCUT2D eigenvalue weighted by Gasteiger charge is 2.19. The van der Waals surface area contributed by atoms with Crippen molar-refractivity contribution in [1.29, 1.82) is 0 Å². The second-order valence-electron chi connectivity index (χ2n) is 4.86. The highest BCUT2D eigenvalue weighted by Crippen LogP contribution is 2.33. The number of aromatic amines is 1. The molecule has 1 amide bonds. The second-order valence-corrected chi connectivity index (χ2v) is 6.93. The number of nitrogens with two attached hydrogens (primary N) is 1. The molecule has 1 aliphatic rings. The average Bonchev–Trinajstić information content (AvgIpc) is 2.76. The van der Waals surface area contributed by atoms with Gasteiger partial charge in [0.2, 0.25) is 5.91 Å². The van der Waals surface area contributed by atoms with Crippen LogP contribution in [0.2, 0.25) is 0 Å². The van der Waals surface area contributed by atoms with Gasteiger partial charge < -0.3 is 10.7 Å². The smallest absolute Gasteiger partial charge is 0.259 e. The standard InChI is InChI=1S/C13H15N3O2S2/c14-9(17)5-19-6-10-15-12(18)11-7-3-1-2-4-8(7)20-13(11)16-10/h1-6H2,(H2,14,17)(H,15,16,18). The van der Waals surface area contributed by atoms with E-state index in [0.29, 0.717) is 11.6 Å². The maximum Gasteiger partial charge on any atom is 0.259 e. The molecule has 1 aliphatic carbocycles. The Morgan fingerprint density at radius 3 is 3.00 bits per heavy atom. The molecule has 2 aromatic heterocycles. The van der Waals surface area contributed by atoms with Gasteiger partial charge in [0.1, 0.15) is 10.7 Å². The summed E-state index contributed by atoms with van der Waals surface area (Å²) in [5.41, 5.74) is 6.24. The van der Waals surface area contributed by atoms with Crippen molar-refractivity contribution in [3.63, 3.8) is 0 Å². The van der Waals surface area contributed by atoms with Crippen molar-refractivity contribution in [2.45, 2.75) is 31.4 Å². The van der Waals surface area contributed by atoms with E-state index < -0.39 is 0 Å². The molecule has 106 valence electrons. The Hall–Kier alpha value is -1.34. The minimum Gasteiger partial charge on any atom is -0.369 e. The molecular weight excluding hydrogens is 294 g/mol. The topological polar surface area (TPSA) is 88.8 Å². The zero-order valence-corrected chi connectivity index (χ0v) is 12.5. The van der Waals surface area contributed by atoms with Crippen LogP contribution in [-0.4, -0.2) is 21.6 Å². The lowest BCUT2D eigenvalue weighted by molar-refractivity contribution is -0.115. The molecule has 2 heterocycles. The molecule has 2 aromatic rings. The van der Waals surface area contributed by atoms with Gasteiger partial charge >= 0.3 is 0 Å². The number of carbonyl (C=O) groups is 1. The molecule has 0 fully saturated rings. The lowest BCUT2D eigenvalue weighted by Gasteiger charge is -2.09. The number of aryl methyl sites for hydroxylation is 2. The predicted molar refractivity (Wildman–Crippen MR) is 82.2 cm³/mol. The van der Waals surface area contributed by atoms with Gasteiger partial charge in [-0.25, -0.2) is 4.98 Å². The summed E-state index contributed by atoms with van der Waals surface area (Å²) in [7, 11) is 0. The number of aromatic nitrogens is 2. The zero-order chi connectivity index (χ0) is 14.1. The minimum atomic E-state index is -0.356. The first-order valence-corrected chi connectivity index (χ1v) is 8.52.